The predicted molar refractivity (Wildman–Crippen MR) is 122 cm³/mol. The molecule has 3 aromatic heterocycles. The number of anilines is 2. The van der Waals surface area contributed by atoms with Crippen LogP contribution in [0.1, 0.15) is 17.3 Å². The van der Waals surface area contributed by atoms with Crippen LogP contribution in [0.25, 0.3) is 33.1 Å². The maximum absolute atomic E-state index is 6.16. The third-order valence-electron chi connectivity index (χ3n) is 5.27. The number of ether oxygens (including phenoxy) is 1. The molecule has 0 aliphatic heterocycles. The van der Waals surface area contributed by atoms with E-state index in [0.717, 1.165) is 56.0 Å². The van der Waals surface area contributed by atoms with Gasteiger partial charge in [0.2, 0.25) is 0 Å². The molecule has 7 nitrogen and oxygen atoms in total. The Morgan fingerprint density at radius 2 is 1.94 bits per heavy atom. The lowest BCUT2D eigenvalue weighted by atomic mass is 10.0. The van der Waals surface area contributed by atoms with Gasteiger partial charge < -0.3 is 19.6 Å². The number of methoxy groups -OCH3 is 1. The molecule has 0 amide bonds. The van der Waals surface area contributed by atoms with Crippen molar-refractivity contribution in [2.75, 3.05) is 12.4 Å². The number of aromatic nitrogens is 4. The molecule has 0 aliphatic carbocycles. The number of benzene rings is 2. The topological polar surface area (TPSA) is 88.9 Å². The van der Waals surface area contributed by atoms with Crippen molar-refractivity contribution in [3.8, 4) is 16.9 Å². The van der Waals surface area contributed by atoms with Crippen molar-refractivity contribution in [3.05, 3.63) is 58.7 Å². The number of nitrogens with one attached hydrogen (secondary N) is 2. The van der Waals surface area contributed by atoms with E-state index in [4.69, 9.17) is 20.9 Å². The number of H-pyrrole nitrogens is 1. The third kappa shape index (κ3) is 3.27. The molecule has 0 saturated heterocycles. The van der Waals surface area contributed by atoms with E-state index in [1.807, 2.05) is 57.2 Å². The minimum absolute atomic E-state index is 0.650. The quantitative estimate of drug-likeness (QED) is 0.356. The molecule has 5 rings (SSSR count). The largest absolute Gasteiger partial charge is 0.496 e. The van der Waals surface area contributed by atoms with Crippen LogP contribution in [0, 0.1) is 20.8 Å². The summed E-state index contributed by atoms with van der Waals surface area (Å²) in [6.45, 7) is 5.68. The van der Waals surface area contributed by atoms with Gasteiger partial charge in [-0.1, -0.05) is 22.8 Å². The van der Waals surface area contributed by atoms with Crippen molar-refractivity contribution in [3.63, 3.8) is 0 Å². The number of halogens is 1. The van der Waals surface area contributed by atoms with E-state index < -0.39 is 0 Å². The molecule has 0 spiro atoms. The zero-order valence-electron chi connectivity index (χ0n) is 17.5. The fourth-order valence-electron chi connectivity index (χ4n) is 3.96. The van der Waals surface area contributed by atoms with E-state index in [-0.39, 0.29) is 0 Å². The summed E-state index contributed by atoms with van der Waals surface area (Å²) >= 11 is 6.16. The van der Waals surface area contributed by atoms with Crippen molar-refractivity contribution in [2.45, 2.75) is 20.8 Å². The van der Waals surface area contributed by atoms with Crippen LogP contribution in [-0.2, 0) is 0 Å². The minimum Gasteiger partial charge on any atom is -0.496 e. The van der Waals surface area contributed by atoms with Crippen molar-refractivity contribution >= 4 is 45.0 Å². The fraction of sp³-hybridized carbons (Fsp3) is 0.174. The van der Waals surface area contributed by atoms with Crippen LogP contribution in [0.4, 0.5) is 11.5 Å². The van der Waals surface area contributed by atoms with Gasteiger partial charge in [0.25, 0.3) is 0 Å². The SMILES string of the molecule is COc1cc2c(cc1-c1c(C)noc1C)[nH]c1nc(C)nc(Nc3cccc(Cl)c3)c12. The Labute approximate surface area is 183 Å². The summed E-state index contributed by atoms with van der Waals surface area (Å²) in [7, 11) is 1.66. The van der Waals surface area contributed by atoms with Crippen molar-refractivity contribution < 1.29 is 9.26 Å². The Morgan fingerprint density at radius 1 is 1.10 bits per heavy atom. The van der Waals surface area contributed by atoms with Gasteiger partial charge in [0.05, 0.1) is 23.8 Å². The summed E-state index contributed by atoms with van der Waals surface area (Å²) in [4.78, 5) is 12.7. The van der Waals surface area contributed by atoms with Gasteiger partial charge in [-0.05, 0) is 51.1 Å². The van der Waals surface area contributed by atoms with Crippen LogP contribution in [0.2, 0.25) is 5.02 Å². The van der Waals surface area contributed by atoms with E-state index in [2.05, 4.69) is 25.4 Å². The Hall–Kier alpha value is -3.58. The number of aromatic amines is 1. The fourth-order valence-corrected chi connectivity index (χ4v) is 4.15. The molecule has 0 bridgehead atoms. The van der Waals surface area contributed by atoms with Crippen LogP contribution in [0.5, 0.6) is 5.75 Å². The Bertz CT molecular complexity index is 1430. The molecule has 2 aromatic carbocycles. The summed E-state index contributed by atoms with van der Waals surface area (Å²) in [5.41, 5.74) is 5.15. The van der Waals surface area contributed by atoms with Gasteiger partial charge in [-0.25, -0.2) is 9.97 Å². The van der Waals surface area contributed by atoms with Crippen LogP contribution in [-0.4, -0.2) is 27.2 Å². The second kappa shape index (κ2) is 7.28. The molecule has 8 heteroatoms. The average molecular weight is 434 g/mol. The normalized spacial score (nSPS) is 11.4. The van der Waals surface area contributed by atoms with Crippen molar-refractivity contribution in [1.82, 2.24) is 20.1 Å². The summed E-state index contributed by atoms with van der Waals surface area (Å²) in [6.07, 6.45) is 0. The highest BCUT2D eigenvalue weighted by Gasteiger charge is 2.20. The van der Waals surface area contributed by atoms with Gasteiger partial charge in [-0.15, -0.1) is 0 Å². The Morgan fingerprint density at radius 3 is 2.65 bits per heavy atom. The van der Waals surface area contributed by atoms with Crippen LogP contribution >= 0.6 is 11.6 Å². The van der Waals surface area contributed by atoms with E-state index in [0.29, 0.717) is 16.7 Å². The molecular weight excluding hydrogens is 414 g/mol. The van der Waals surface area contributed by atoms with Gasteiger partial charge >= 0.3 is 0 Å². The molecule has 0 fully saturated rings. The molecule has 0 unspecified atom stereocenters. The summed E-state index contributed by atoms with van der Waals surface area (Å²) < 4.78 is 11.1. The highest BCUT2D eigenvalue weighted by molar-refractivity contribution is 6.30. The van der Waals surface area contributed by atoms with Gasteiger partial charge in [0.1, 0.15) is 28.8 Å². The summed E-state index contributed by atoms with van der Waals surface area (Å²) in [5.74, 6) is 2.81. The maximum Gasteiger partial charge on any atom is 0.144 e. The number of hydrogen-bond acceptors (Lipinski definition) is 6. The third-order valence-corrected chi connectivity index (χ3v) is 5.51. The zero-order valence-corrected chi connectivity index (χ0v) is 18.3. The highest BCUT2D eigenvalue weighted by atomic mass is 35.5. The zero-order chi connectivity index (χ0) is 21.7. The van der Waals surface area contributed by atoms with Gasteiger partial charge in [-0.2, -0.15) is 0 Å². The first-order valence-electron chi connectivity index (χ1n) is 9.78. The van der Waals surface area contributed by atoms with E-state index in [1.165, 1.54) is 0 Å². The molecule has 0 radical (unpaired) electrons. The molecule has 156 valence electrons. The first-order chi connectivity index (χ1) is 14.9. The second-order valence-electron chi connectivity index (χ2n) is 7.40. The molecule has 0 saturated carbocycles. The second-order valence-corrected chi connectivity index (χ2v) is 7.84. The van der Waals surface area contributed by atoms with Gasteiger partial charge in [0.15, 0.2) is 0 Å². The number of hydrogen-bond donors (Lipinski definition) is 2. The van der Waals surface area contributed by atoms with E-state index >= 15 is 0 Å². The molecule has 5 aromatic rings. The first-order valence-corrected chi connectivity index (χ1v) is 10.2. The first kappa shape index (κ1) is 19.4. The molecule has 3 heterocycles. The molecule has 2 N–H and O–H groups in total. The molecular formula is C23H20ClN5O2. The van der Waals surface area contributed by atoms with Crippen molar-refractivity contribution in [2.24, 2.45) is 0 Å². The highest BCUT2D eigenvalue weighted by Crippen LogP contribution is 2.41. The minimum atomic E-state index is 0.650. The lowest BCUT2D eigenvalue weighted by Crippen LogP contribution is -1.98. The van der Waals surface area contributed by atoms with Gasteiger partial charge in [0, 0.05) is 27.2 Å². The standard InChI is InChI=1S/C23H20ClN5O2/c1-11-20(12(2)31-29-11)17-9-18-16(10-19(17)30-4)21-22(25-13(3)26-23(21)28-18)27-15-7-5-6-14(24)8-15/h5-10H,1-4H3,(H2,25,26,27,28). The predicted octanol–water partition coefficient (Wildman–Crippen LogP) is 6.10. The molecule has 31 heavy (non-hydrogen) atoms. The Kier molecular flexibility index (Phi) is 4.55. The smallest absolute Gasteiger partial charge is 0.144 e. The monoisotopic (exact) mass is 433 g/mol. The lowest BCUT2D eigenvalue weighted by Gasteiger charge is -2.10. The van der Waals surface area contributed by atoms with E-state index in [9.17, 15) is 0 Å². The van der Waals surface area contributed by atoms with Crippen LogP contribution < -0.4 is 10.1 Å². The number of nitrogens with zero attached hydrogens (tertiary/aromatic N) is 3. The summed E-state index contributed by atoms with van der Waals surface area (Å²) in [5, 5.41) is 9.95. The van der Waals surface area contributed by atoms with E-state index in [1.54, 1.807) is 7.11 Å². The van der Waals surface area contributed by atoms with Gasteiger partial charge in [-0.3, -0.25) is 0 Å². The maximum atomic E-state index is 6.16. The molecule has 0 aliphatic rings. The Balaban J connectivity index is 1.76. The summed E-state index contributed by atoms with van der Waals surface area (Å²) in [6, 6.07) is 11.6. The van der Waals surface area contributed by atoms with Crippen LogP contribution in [0.15, 0.2) is 40.9 Å². The lowest BCUT2D eigenvalue weighted by molar-refractivity contribution is 0.393. The number of aryl methyl sites for hydroxylation is 3. The van der Waals surface area contributed by atoms with Crippen LogP contribution in [0.3, 0.4) is 0 Å². The molecule has 0 atom stereocenters. The van der Waals surface area contributed by atoms with Crippen molar-refractivity contribution in [1.29, 1.82) is 0 Å². The number of rotatable bonds is 4. The average Bonchev–Trinajstić information content (AvgIpc) is 3.25. The number of fused-ring (bicyclic) bond motifs is 3.